The predicted molar refractivity (Wildman–Crippen MR) is 93.8 cm³/mol. The molecule has 0 atom stereocenters. The number of rotatable bonds is 6. The van der Waals surface area contributed by atoms with Crippen LogP contribution in [0.25, 0.3) is 0 Å². The second-order valence-electron chi connectivity index (χ2n) is 7.21. The van der Waals surface area contributed by atoms with E-state index in [-0.39, 0.29) is 0 Å². The van der Waals surface area contributed by atoms with Gasteiger partial charge in [0, 0.05) is 56.3 Å². The van der Waals surface area contributed by atoms with Crippen LogP contribution in [0, 0.1) is 0 Å². The third kappa shape index (κ3) is 4.02. The lowest BCUT2D eigenvalue weighted by atomic mass is 9.95. The van der Waals surface area contributed by atoms with Crippen LogP contribution in [0.2, 0.25) is 5.02 Å². The molecule has 2 fully saturated rings. The van der Waals surface area contributed by atoms with Gasteiger partial charge in [-0.15, -0.1) is 0 Å². The molecule has 0 amide bonds. The summed E-state index contributed by atoms with van der Waals surface area (Å²) in [5.74, 6) is 0. The summed E-state index contributed by atoms with van der Waals surface area (Å²) >= 11 is 6.02. The summed E-state index contributed by atoms with van der Waals surface area (Å²) in [5.41, 5.74) is 1.89. The molecule has 3 nitrogen and oxygen atoms in total. The van der Waals surface area contributed by atoms with Gasteiger partial charge < -0.3 is 4.90 Å². The van der Waals surface area contributed by atoms with Crippen LogP contribution in [0.5, 0.6) is 0 Å². The molecular weight excluding hydrogens is 294 g/mol. The van der Waals surface area contributed by atoms with Crippen molar-refractivity contribution in [3.63, 3.8) is 0 Å². The highest BCUT2D eigenvalue weighted by molar-refractivity contribution is 6.30. The van der Waals surface area contributed by atoms with E-state index in [1.807, 2.05) is 12.1 Å². The van der Waals surface area contributed by atoms with Crippen molar-refractivity contribution in [2.45, 2.75) is 18.3 Å². The number of halogens is 1. The van der Waals surface area contributed by atoms with Crippen molar-refractivity contribution in [1.29, 1.82) is 0 Å². The molecule has 0 unspecified atom stereocenters. The van der Waals surface area contributed by atoms with Gasteiger partial charge in [0.1, 0.15) is 0 Å². The van der Waals surface area contributed by atoms with Crippen LogP contribution in [0.1, 0.15) is 18.4 Å². The smallest absolute Gasteiger partial charge is 0.0406 e. The Morgan fingerprint density at radius 3 is 2.14 bits per heavy atom. The monoisotopic (exact) mass is 321 g/mol. The number of benzene rings is 1. The van der Waals surface area contributed by atoms with Gasteiger partial charge in [0.05, 0.1) is 0 Å². The summed E-state index contributed by atoms with van der Waals surface area (Å²) in [6, 6.07) is 8.53. The van der Waals surface area contributed by atoms with E-state index in [0.29, 0.717) is 5.41 Å². The number of nitrogens with zero attached hydrogens (tertiary/aromatic N) is 3. The minimum absolute atomic E-state index is 0.413. The summed E-state index contributed by atoms with van der Waals surface area (Å²) in [4.78, 5) is 7.53. The van der Waals surface area contributed by atoms with Gasteiger partial charge in [-0.3, -0.25) is 9.80 Å². The molecule has 0 aromatic heterocycles. The lowest BCUT2D eigenvalue weighted by molar-refractivity contribution is 0.118. The first-order valence-corrected chi connectivity index (χ1v) is 8.81. The molecule has 0 N–H and O–H groups in total. The van der Waals surface area contributed by atoms with E-state index in [1.54, 1.807) is 0 Å². The maximum Gasteiger partial charge on any atom is 0.0406 e. The molecule has 4 heteroatoms. The Bertz CT molecular complexity index is 474. The minimum atomic E-state index is 0.413. The second-order valence-corrected chi connectivity index (χ2v) is 7.64. The third-order valence-electron chi connectivity index (χ3n) is 5.16. The van der Waals surface area contributed by atoms with Crippen molar-refractivity contribution in [3.8, 4) is 0 Å². The highest BCUT2D eigenvalue weighted by Gasteiger charge is 2.45. The number of likely N-dealkylation sites (N-methyl/N-ethyl adjacent to an activating group) is 1. The van der Waals surface area contributed by atoms with Crippen LogP contribution in [-0.4, -0.2) is 74.6 Å². The van der Waals surface area contributed by atoms with E-state index in [1.165, 1.54) is 57.7 Å². The van der Waals surface area contributed by atoms with Crippen molar-refractivity contribution >= 4 is 11.6 Å². The lowest BCUT2D eigenvalue weighted by Gasteiger charge is -2.37. The van der Waals surface area contributed by atoms with Crippen LogP contribution < -0.4 is 0 Å². The van der Waals surface area contributed by atoms with Crippen LogP contribution in [0.3, 0.4) is 0 Å². The first-order valence-electron chi connectivity index (χ1n) is 8.43. The number of hydrogen-bond donors (Lipinski definition) is 0. The quantitative estimate of drug-likeness (QED) is 0.797. The Morgan fingerprint density at radius 2 is 1.59 bits per heavy atom. The largest absolute Gasteiger partial charge is 0.308 e. The van der Waals surface area contributed by atoms with E-state index < -0.39 is 0 Å². The average Bonchev–Trinajstić information content (AvgIpc) is 3.28. The van der Waals surface area contributed by atoms with Crippen LogP contribution in [-0.2, 0) is 5.41 Å². The molecule has 1 aromatic carbocycles. The maximum absolute atomic E-state index is 6.02. The standard InChI is InChI=1S/C18H28ClN3/c1-20(2)9-10-21-11-13-22(14-12-21)15-18(7-8-18)16-3-5-17(19)6-4-16/h3-6H,7-15H2,1-2H3. The van der Waals surface area contributed by atoms with E-state index in [2.05, 4.69) is 40.9 Å². The highest BCUT2D eigenvalue weighted by atomic mass is 35.5. The molecule has 1 heterocycles. The molecule has 2 aliphatic rings. The van der Waals surface area contributed by atoms with Gasteiger partial charge in [0.15, 0.2) is 0 Å². The summed E-state index contributed by atoms with van der Waals surface area (Å²) in [5, 5.41) is 0.842. The highest BCUT2D eigenvalue weighted by Crippen LogP contribution is 2.49. The third-order valence-corrected chi connectivity index (χ3v) is 5.42. The fourth-order valence-electron chi connectivity index (χ4n) is 3.43. The Labute approximate surface area is 139 Å². The van der Waals surface area contributed by atoms with Gasteiger partial charge in [-0.25, -0.2) is 0 Å². The lowest BCUT2D eigenvalue weighted by Crippen LogP contribution is -2.49. The van der Waals surface area contributed by atoms with Gasteiger partial charge in [-0.2, -0.15) is 0 Å². The molecule has 122 valence electrons. The van der Waals surface area contributed by atoms with Crippen LogP contribution >= 0.6 is 11.6 Å². The summed E-state index contributed by atoms with van der Waals surface area (Å²) in [6.07, 6.45) is 2.66. The SMILES string of the molecule is CN(C)CCN1CCN(CC2(c3ccc(Cl)cc3)CC2)CC1. The molecule has 3 rings (SSSR count). The second kappa shape index (κ2) is 6.88. The molecule has 22 heavy (non-hydrogen) atoms. The average molecular weight is 322 g/mol. The van der Waals surface area contributed by atoms with E-state index in [9.17, 15) is 0 Å². The van der Waals surface area contributed by atoms with Crippen LogP contribution in [0.15, 0.2) is 24.3 Å². The first-order chi connectivity index (χ1) is 10.6. The zero-order valence-corrected chi connectivity index (χ0v) is 14.6. The van der Waals surface area contributed by atoms with Gasteiger partial charge in [0.2, 0.25) is 0 Å². The molecule has 1 saturated heterocycles. The first kappa shape index (κ1) is 16.3. The van der Waals surface area contributed by atoms with E-state index in [0.717, 1.165) is 11.6 Å². The molecule has 1 saturated carbocycles. The Kier molecular flexibility index (Phi) is 5.08. The Morgan fingerprint density at radius 1 is 1.00 bits per heavy atom. The molecule has 0 spiro atoms. The van der Waals surface area contributed by atoms with Crippen molar-refractivity contribution in [3.05, 3.63) is 34.9 Å². The van der Waals surface area contributed by atoms with Gasteiger partial charge in [-0.1, -0.05) is 23.7 Å². The Hall–Kier alpha value is -0.610. The molecular formula is C18H28ClN3. The fraction of sp³-hybridized carbons (Fsp3) is 0.667. The van der Waals surface area contributed by atoms with E-state index in [4.69, 9.17) is 11.6 Å². The van der Waals surface area contributed by atoms with Crippen molar-refractivity contribution in [1.82, 2.24) is 14.7 Å². The summed E-state index contributed by atoms with van der Waals surface area (Å²) in [7, 11) is 4.30. The van der Waals surface area contributed by atoms with Gasteiger partial charge >= 0.3 is 0 Å². The van der Waals surface area contributed by atoms with Crippen molar-refractivity contribution < 1.29 is 0 Å². The molecule has 0 bridgehead atoms. The predicted octanol–water partition coefficient (Wildman–Crippen LogP) is 2.55. The molecule has 1 aliphatic heterocycles. The number of hydrogen-bond acceptors (Lipinski definition) is 3. The van der Waals surface area contributed by atoms with E-state index >= 15 is 0 Å². The fourth-order valence-corrected chi connectivity index (χ4v) is 3.56. The summed E-state index contributed by atoms with van der Waals surface area (Å²) < 4.78 is 0. The maximum atomic E-state index is 6.02. The van der Waals surface area contributed by atoms with Crippen molar-refractivity contribution in [2.24, 2.45) is 0 Å². The molecule has 1 aliphatic carbocycles. The van der Waals surface area contributed by atoms with Gasteiger partial charge in [-0.05, 0) is 44.6 Å². The molecule has 1 aromatic rings. The molecule has 0 radical (unpaired) electrons. The zero-order valence-electron chi connectivity index (χ0n) is 13.9. The van der Waals surface area contributed by atoms with Crippen molar-refractivity contribution in [2.75, 3.05) is 59.9 Å². The van der Waals surface area contributed by atoms with Crippen LogP contribution in [0.4, 0.5) is 0 Å². The van der Waals surface area contributed by atoms with Gasteiger partial charge in [0.25, 0.3) is 0 Å². The topological polar surface area (TPSA) is 9.72 Å². The number of piperazine rings is 1. The minimum Gasteiger partial charge on any atom is -0.308 e. The normalized spacial score (nSPS) is 22.2. The zero-order chi connectivity index (χ0) is 15.6. The summed E-state index contributed by atoms with van der Waals surface area (Å²) in [6.45, 7) is 8.43. The Balaban J connectivity index is 1.49.